The summed E-state index contributed by atoms with van der Waals surface area (Å²) in [6.45, 7) is 3.64. The zero-order valence-corrected chi connectivity index (χ0v) is 16.9. The van der Waals surface area contributed by atoms with Gasteiger partial charge in [-0.05, 0) is 36.6 Å². The van der Waals surface area contributed by atoms with Crippen LogP contribution >= 0.6 is 0 Å². The molecule has 0 aliphatic carbocycles. The quantitative estimate of drug-likeness (QED) is 0.664. The summed E-state index contributed by atoms with van der Waals surface area (Å²) in [6.07, 6.45) is 1.91. The Kier molecular flexibility index (Phi) is 6.03. The van der Waals surface area contributed by atoms with E-state index in [1.165, 1.54) is 0 Å². The minimum Gasteiger partial charge on any atom is -0.483 e. The van der Waals surface area contributed by atoms with Crippen molar-refractivity contribution >= 4 is 32.8 Å². The van der Waals surface area contributed by atoms with Crippen LogP contribution in [-0.4, -0.2) is 55.7 Å². The predicted octanol–water partition coefficient (Wildman–Crippen LogP) is 2.85. The molecule has 3 rings (SSSR count). The summed E-state index contributed by atoms with van der Waals surface area (Å²) >= 11 is 0. The van der Waals surface area contributed by atoms with Crippen LogP contribution in [0.4, 0.5) is 0 Å². The minimum absolute atomic E-state index is 0.00135. The standard InChI is InChI=1S/C21H25NO5S/c1-3-15(2)22(17-10-11-28(25,26)14-17)21(24)13-27-20-9-8-16-6-4-5-7-18(16)19(20)12-23/h4-9,12,15,17H,3,10-11,13-14H2,1-2H3/t15-,17+/m1/s1. The van der Waals surface area contributed by atoms with Crippen molar-refractivity contribution in [2.45, 2.75) is 38.8 Å². The molecule has 0 spiro atoms. The van der Waals surface area contributed by atoms with Crippen molar-refractivity contribution in [3.8, 4) is 5.75 Å². The Morgan fingerprint density at radius 3 is 2.68 bits per heavy atom. The first-order chi connectivity index (χ1) is 13.4. The van der Waals surface area contributed by atoms with Gasteiger partial charge in [0.05, 0.1) is 17.1 Å². The first-order valence-electron chi connectivity index (χ1n) is 9.47. The number of fused-ring (bicyclic) bond motifs is 1. The van der Waals surface area contributed by atoms with E-state index in [0.717, 1.165) is 23.5 Å². The molecular weight excluding hydrogens is 378 g/mol. The highest BCUT2D eigenvalue weighted by Gasteiger charge is 2.36. The van der Waals surface area contributed by atoms with E-state index in [-0.39, 0.29) is 36.1 Å². The molecule has 28 heavy (non-hydrogen) atoms. The van der Waals surface area contributed by atoms with Crippen molar-refractivity contribution in [1.82, 2.24) is 4.90 Å². The fraction of sp³-hybridized carbons (Fsp3) is 0.429. The molecule has 0 N–H and O–H groups in total. The Bertz CT molecular complexity index is 985. The SMILES string of the molecule is CC[C@@H](C)N(C(=O)COc1ccc2ccccc2c1C=O)[C@H]1CCS(=O)(=O)C1. The second kappa shape index (κ2) is 8.31. The van der Waals surface area contributed by atoms with Gasteiger partial charge >= 0.3 is 0 Å². The topological polar surface area (TPSA) is 80.8 Å². The van der Waals surface area contributed by atoms with Gasteiger partial charge in [0.2, 0.25) is 0 Å². The molecule has 1 amide bonds. The Hall–Kier alpha value is -2.41. The molecule has 0 aromatic heterocycles. The van der Waals surface area contributed by atoms with Crippen LogP contribution in [0.1, 0.15) is 37.0 Å². The van der Waals surface area contributed by atoms with Gasteiger partial charge in [0.1, 0.15) is 5.75 Å². The zero-order chi connectivity index (χ0) is 20.3. The number of hydrogen-bond acceptors (Lipinski definition) is 5. The summed E-state index contributed by atoms with van der Waals surface area (Å²) in [6, 6.07) is 10.6. The van der Waals surface area contributed by atoms with E-state index in [1.54, 1.807) is 11.0 Å². The maximum Gasteiger partial charge on any atom is 0.261 e. The molecule has 2 aromatic carbocycles. The molecular formula is C21H25NO5S. The number of benzene rings is 2. The lowest BCUT2D eigenvalue weighted by Gasteiger charge is -2.33. The van der Waals surface area contributed by atoms with E-state index >= 15 is 0 Å². The summed E-state index contributed by atoms with van der Waals surface area (Å²) in [4.78, 5) is 26.2. The monoisotopic (exact) mass is 403 g/mol. The van der Waals surface area contributed by atoms with Gasteiger partial charge in [-0.1, -0.05) is 37.3 Å². The lowest BCUT2D eigenvalue weighted by Crippen LogP contribution is -2.48. The van der Waals surface area contributed by atoms with Crippen LogP contribution < -0.4 is 4.74 Å². The second-order valence-electron chi connectivity index (χ2n) is 7.22. The summed E-state index contributed by atoms with van der Waals surface area (Å²) in [5.41, 5.74) is 0.407. The predicted molar refractivity (Wildman–Crippen MR) is 108 cm³/mol. The fourth-order valence-electron chi connectivity index (χ4n) is 3.74. The van der Waals surface area contributed by atoms with Crippen molar-refractivity contribution in [1.29, 1.82) is 0 Å². The number of amides is 1. The van der Waals surface area contributed by atoms with E-state index in [0.29, 0.717) is 17.7 Å². The lowest BCUT2D eigenvalue weighted by atomic mass is 10.0. The van der Waals surface area contributed by atoms with E-state index < -0.39 is 9.84 Å². The number of carbonyl (C=O) groups excluding carboxylic acids is 2. The largest absolute Gasteiger partial charge is 0.483 e. The Morgan fingerprint density at radius 1 is 1.29 bits per heavy atom. The van der Waals surface area contributed by atoms with Gasteiger partial charge in [-0.15, -0.1) is 0 Å². The van der Waals surface area contributed by atoms with Crippen LogP contribution in [0.25, 0.3) is 10.8 Å². The maximum atomic E-state index is 12.9. The van der Waals surface area contributed by atoms with Crippen LogP contribution in [-0.2, 0) is 14.6 Å². The third kappa shape index (κ3) is 4.19. The summed E-state index contributed by atoms with van der Waals surface area (Å²) in [5, 5.41) is 1.68. The zero-order valence-electron chi connectivity index (χ0n) is 16.1. The van der Waals surface area contributed by atoms with Crippen LogP contribution in [0.15, 0.2) is 36.4 Å². The average Bonchev–Trinajstić information content (AvgIpc) is 3.04. The number of carbonyl (C=O) groups is 2. The summed E-state index contributed by atoms with van der Waals surface area (Å²) in [5.74, 6) is 0.198. The maximum absolute atomic E-state index is 12.9. The first-order valence-corrected chi connectivity index (χ1v) is 11.3. The average molecular weight is 404 g/mol. The number of nitrogens with zero attached hydrogens (tertiary/aromatic N) is 1. The number of rotatable bonds is 7. The molecule has 0 saturated carbocycles. The van der Waals surface area contributed by atoms with Gasteiger partial charge in [-0.2, -0.15) is 0 Å². The molecule has 1 heterocycles. The van der Waals surface area contributed by atoms with E-state index in [2.05, 4.69) is 0 Å². The third-order valence-electron chi connectivity index (χ3n) is 5.36. The Balaban J connectivity index is 1.79. The molecule has 0 unspecified atom stereocenters. The molecule has 0 bridgehead atoms. The second-order valence-corrected chi connectivity index (χ2v) is 9.45. The van der Waals surface area contributed by atoms with Crippen molar-refractivity contribution in [3.05, 3.63) is 42.0 Å². The van der Waals surface area contributed by atoms with Gasteiger partial charge in [-0.25, -0.2) is 8.42 Å². The number of ether oxygens (including phenoxy) is 1. The van der Waals surface area contributed by atoms with Gasteiger partial charge in [0.15, 0.2) is 22.7 Å². The summed E-state index contributed by atoms with van der Waals surface area (Å²) in [7, 11) is -3.10. The fourth-order valence-corrected chi connectivity index (χ4v) is 5.45. The molecule has 0 radical (unpaired) electrons. The van der Waals surface area contributed by atoms with Crippen molar-refractivity contribution < 1.29 is 22.7 Å². The van der Waals surface area contributed by atoms with Crippen LogP contribution in [0.2, 0.25) is 0 Å². The van der Waals surface area contributed by atoms with Crippen LogP contribution in [0, 0.1) is 0 Å². The van der Waals surface area contributed by atoms with Gasteiger partial charge in [0, 0.05) is 12.1 Å². The summed E-state index contributed by atoms with van der Waals surface area (Å²) < 4.78 is 29.4. The highest BCUT2D eigenvalue weighted by molar-refractivity contribution is 7.91. The lowest BCUT2D eigenvalue weighted by molar-refractivity contribution is -0.137. The Morgan fingerprint density at radius 2 is 2.04 bits per heavy atom. The van der Waals surface area contributed by atoms with E-state index in [9.17, 15) is 18.0 Å². The molecule has 1 aliphatic heterocycles. The number of sulfone groups is 1. The first kappa shape index (κ1) is 20.3. The molecule has 150 valence electrons. The third-order valence-corrected chi connectivity index (χ3v) is 7.11. The molecule has 6 nitrogen and oxygen atoms in total. The van der Waals surface area contributed by atoms with Crippen LogP contribution in [0.5, 0.6) is 5.75 Å². The van der Waals surface area contributed by atoms with Gasteiger partial charge in [0.25, 0.3) is 5.91 Å². The molecule has 1 saturated heterocycles. The number of aldehydes is 1. The van der Waals surface area contributed by atoms with Crippen LogP contribution in [0.3, 0.4) is 0 Å². The highest BCUT2D eigenvalue weighted by Crippen LogP contribution is 2.27. The van der Waals surface area contributed by atoms with Crippen molar-refractivity contribution in [3.63, 3.8) is 0 Å². The number of hydrogen-bond donors (Lipinski definition) is 0. The minimum atomic E-state index is -3.10. The molecule has 2 aromatic rings. The van der Waals surface area contributed by atoms with Crippen molar-refractivity contribution in [2.75, 3.05) is 18.1 Å². The van der Waals surface area contributed by atoms with Gasteiger partial charge < -0.3 is 9.64 Å². The smallest absolute Gasteiger partial charge is 0.261 e. The molecule has 1 fully saturated rings. The van der Waals surface area contributed by atoms with Gasteiger partial charge in [-0.3, -0.25) is 9.59 Å². The molecule has 1 aliphatic rings. The molecule has 7 heteroatoms. The highest BCUT2D eigenvalue weighted by atomic mass is 32.2. The molecule has 2 atom stereocenters. The van der Waals surface area contributed by atoms with E-state index in [1.807, 2.05) is 44.2 Å². The van der Waals surface area contributed by atoms with E-state index in [4.69, 9.17) is 4.74 Å². The van der Waals surface area contributed by atoms with Crippen molar-refractivity contribution in [2.24, 2.45) is 0 Å². The normalized spacial score (nSPS) is 19.3. The Labute approximate surface area is 165 Å².